The molecule has 0 saturated carbocycles. The number of hydrogen-bond donors (Lipinski definition) is 1. The van der Waals surface area contributed by atoms with Crippen LogP contribution in [-0.2, 0) is 16.1 Å². The number of likely N-dealkylation sites (tertiary alicyclic amines) is 1. The van der Waals surface area contributed by atoms with Crippen LogP contribution in [0.2, 0.25) is 0 Å². The summed E-state index contributed by atoms with van der Waals surface area (Å²) < 4.78 is 5.50. The first-order valence-electron chi connectivity index (χ1n) is 6.78. The summed E-state index contributed by atoms with van der Waals surface area (Å²) in [6.45, 7) is 2.96. The lowest BCUT2D eigenvalue weighted by Crippen LogP contribution is -2.40. The van der Waals surface area contributed by atoms with Crippen LogP contribution in [0, 0.1) is 0 Å². The number of piperidine rings is 1. The maximum atomic E-state index is 11.1. The number of Topliss-reactive ketones (excluding diaryl/α,β-unsaturated/α-hetero) is 1. The van der Waals surface area contributed by atoms with Crippen molar-refractivity contribution in [3.05, 3.63) is 35.9 Å². The van der Waals surface area contributed by atoms with E-state index in [1.54, 1.807) is 0 Å². The molecule has 1 aromatic rings. The van der Waals surface area contributed by atoms with Gasteiger partial charge in [-0.3, -0.25) is 9.69 Å². The third-order valence-corrected chi connectivity index (χ3v) is 3.30. The van der Waals surface area contributed by atoms with Gasteiger partial charge in [0, 0.05) is 32.5 Å². The standard InChI is InChI=1S/C15H21NO3/c17-14-6-8-16(9-7-14)10-15(18)12-19-11-13-4-2-1-3-5-13/h1-5,15,18H,6-12H2/t15-/m0/s1. The van der Waals surface area contributed by atoms with Crippen molar-refractivity contribution in [2.75, 3.05) is 26.2 Å². The molecule has 104 valence electrons. The minimum Gasteiger partial charge on any atom is -0.389 e. The molecule has 0 amide bonds. The number of benzene rings is 1. The van der Waals surface area contributed by atoms with Crippen LogP contribution in [0.15, 0.2) is 30.3 Å². The molecular weight excluding hydrogens is 242 g/mol. The van der Waals surface area contributed by atoms with Gasteiger partial charge in [-0.05, 0) is 5.56 Å². The third-order valence-electron chi connectivity index (χ3n) is 3.30. The number of β-amino-alcohol motifs (C(OH)–C–C–N with tert-alkyl or cyclic N) is 1. The number of carbonyl (C=O) groups excluding carboxylic acids is 1. The molecule has 0 aromatic heterocycles. The molecule has 0 aliphatic carbocycles. The first kappa shape index (κ1) is 14.2. The first-order chi connectivity index (χ1) is 9.24. The van der Waals surface area contributed by atoms with Crippen LogP contribution in [0.5, 0.6) is 0 Å². The van der Waals surface area contributed by atoms with Gasteiger partial charge in [-0.15, -0.1) is 0 Å². The third kappa shape index (κ3) is 5.11. The second-order valence-electron chi connectivity index (χ2n) is 4.99. The molecule has 0 spiro atoms. The predicted octanol–water partition coefficient (Wildman–Crippen LogP) is 1.23. The van der Waals surface area contributed by atoms with Crippen LogP contribution in [0.25, 0.3) is 0 Å². The van der Waals surface area contributed by atoms with Crippen LogP contribution < -0.4 is 0 Å². The van der Waals surface area contributed by atoms with E-state index in [4.69, 9.17) is 4.74 Å². The van der Waals surface area contributed by atoms with Crippen LogP contribution in [0.3, 0.4) is 0 Å². The van der Waals surface area contributed by atoms with Crippen molar-refractivity contribution in [3.8, 4) is 0 Å². The lowest BCUT2D eigenvalue weighted by molar-refractivity contribution is -0.121. The Morgan fingerprint density at radius 1 is 1.21 bits per heavy atom. The van der Waals surface area contributed by atoms with E-state index in [9.17, 15) is 9.90 Å². The zero-order valence-electron chi connectivity index (χ0n) is 11.1. The van der Waals surface area contributed by atoms with Crippen LogP contribution in [-0.4, -0.2) is 48.1 Å². The molecule has 0 bridgehead atoms. The second-order valence-corrected chi connectivity index (χ2v) is 4.99. The zero-order chi connectivity index (χ0) is 13.5. The largest absolute Gasteiger partial charge is 0.389 e. The van der Waals surface area contributed by atoms with Crippen molar-refractivity contribution in [2.45, 2.75) is 25.6 Å². The summed E-state index contributed by atoms with van der Waals surface area (Å²) in [5, 5.41) is 9.89. The molecule has 0 unspecified atom stereocenters. The van der Waals surface area contributed by atoms with E-state index < -0.39 is 6.10 Å². The van der Waals surface area contributed by atoms with E-state index in [2.05, 4.69) is 4.90 Å². The number of ketones is 1. The summed E-state index contributed by atoms with van der Waals surface area (Å²) >= 11 is 0. The summed E-state index contributed by atoms with van der Waals surface area (Å²) in [6, 6.07) is 9.92. The lowest BCUT2D eigenvalue weighted by Gasteiger charge is -2.27. The summed E-state index contributed by atoms with van der Waals surface area (Å²) in [5.41, 5.74) is 1.11. The Morgan fingerprint density at radius 2 is 1.89 bits per heavy atom. The van der Waals surface area contributed by atoms with Crippen molar-refractivity contribution < 1.29 is 14.6 Å². The van der Waals surface area contributed by atoms with Gasteiger partial charge in [0.05, 0.1) is 19.3 Å². The average molecular weight is 263 g/mol. The van der Waals surface area contributed by atoms with Crippen molar-refractivity contribution in [1.29, 1.82) is 0 Å². The number of nitrogens with zero attached hydrogens (tertiary/aromatic N) is 1. The minimum atomic E-state index is -0.489. The highest BCUT2D eigenvalue weighted by molar-refractivity contribution is 5.79. The topological polar surface area (TPSA) is 49.8 Å². The number of aliphatic hydroxyl groups is 1. The molecule has 4 nitrogen and oxygen atoms in total. The fourth-order valence-corrected chi connectivity index (χ4v) is 2.22. The van der Waals surface area contributed by atoms with Crippen LogP contribution in [0.1, 0.15) is 18.4 Å². The maximum absolute atomic E-state index is 11.1. The molecule has 2 rings (SSSR count). The fourth-order valence-electron chi connectivity index (χ4n) is 2.22. The quantitative estimate of drug-likeness (QED) is 0.838. The summed E-state index contributed by atoms with van der Waals surface area (Å²) in [4.78, 5) is 13.2. The monoisotopic (exact) mass is 263 g/mol. The Hall–Kier alpha value is -1.23. The van der Waals surface area contributed by atoms with E-state index in [1.807, 2.05) is 30.3 Å². The van der Waals surface area contributed by atoms with E-state index in [0.717, 1.165) is 18.7 Å². The van der Waals surface area contributed by atoms with Gasteiger partial charge < -0.3 is 9.84 Å². The van der Waals surface area contributed by atoms with Crippen LogP contribution >= 0.6 is 0 Å². The van der Waals surface area contributed by atoms with Gasteiger partial charge in [0.15, 0.2) is 0 Å². The Bertz CT molecular complexity index is 384. The predicted molar refractivity (Wildman–Crippen MR) is 72.8 cm³/mol. The summed E-state index contributed by atoms with van der Waals surface area (Å²) in [7, 11) is 0. The van der Waals surface area contributed by atoms with Gasteiger partial charge in [-0.25, -0.2) is 0 Å². The number of rotatable bonds is 6. The van der Waals surface area contributed by atoms with Gasteiger partial charge in [0.25, 0.3) is 0 Å². The van der Waals surface area contributed by atoms with E-state index in [1.165, 1.54) is 0 Å². The van der Waals surface area contributed by atoms with E-state index in [-0.39, 0.29) is 0 Å². The minimum absolute atomic E-state index is 0.325. The van der Waals surface area contributed by atoms with Crippen molar-refractivity contribution in [2.24, 2.45) is 0 Å². The van der Waals surface area contributed by atoms with E-state index in [0.29, 0.717) is 38.4 Å². The molecule has 1 fully saturated rings. The molecule has 1 atom stereocenters. The maximum Gasteiger partial charge on any atom is 0.135 e. The zero-order valence-corrected chi connectivity index (χ0v) is 11.1. The Labute approximate surface area is 114 Å². The molecule has 1 heterocycles. The van der Waals surface area contributed by atoms with Crippen molar-refractivity contribution >= 4 is 5.78 Å². The Balaban J connectivity index is 1.62. The molecular formula is C15H21NO3. The van der Waals surface area contributed by atoms with Gasteiger partial charge in [0.2, 0.25) is 0 Å². The SMILES string of the molecule is O=C1CCN(C[C@H](O)COCc2ccccc2)CC1. The fraction of sp³-hybridized carbons (Fsp3) is 0.533. The molecule has 1 aliphatic rings. The molecule has 1 N–H and O–H groups in total. The number of hydrogen-bond acceptors (Lipinski definition) is 4. The van der Waals surface area contributed by atoms with Gasteiger partial charge in [-0.2, -0.15) is 0 Å². The average Bonchev–Trinajstić information content (AvgIpc) is 2.43. The van der Waals surface area contributed by atoms with Gasteiger partial charge in [0.1, 0.15) is 5.78 Å². The second kappa shape index (κ2) is 7.38. The lowest BCUT2D eigenvalue weighted by atomic mass is 10.1. The summed E-state index contributed by atoms with van der Waals surface area (Å²) in [6.07, 6.45) is 0.728. The molecule has 19 heavy (non-hydrogen) atoms. The normalized spacial score (nSPS) is 18.5. The summed E-state index contributed by atoms with van der Waals surface area (Å²) in [5.74, 6) is 0.325. The smallest absolute Gasteiger partial charge is 0.135 e. The number of ether oxygens (including phenoxy) is 1. The van der Waals surface area contributed by atoms with Gasteiger partial charge >= 0.3 is 0 Å². The van der Waals surface area contributed by atoms with Crippen molar-refractivity contribution in [1.82, 2.24) is 4.90 Å². The van der Waals surface area contributed by atoms with Gasteiger partial charge in [-0.1, -0.05) is 30.3 Å². The van der Waals surface area contributed by atoms with E-state index >= 15 is 0 Å². The first-order valence-corrected chi connectivity index (χ1v) is 6.78. The van der Waals surface area contributed by atoms with Crippen molar-refractivity contribution in [3.63, 3.8) is 0 Å². The highest BCUT2D eigenvalue weighted by Gasteiger charge is 2.18. The molecule has 1 aromatic carbocycles. The Morgan fingerprint density at radius 3 is 2.58 bits per heavy atom. The molecule has 1 aliphatic heterocycles. The highest BCUT2D eigenvalue weighted by atomic mass is 16.5. The molecule has 0 radical (unpaired) electrons. The highest BCUT2D eigenvalue weighted by Crippen LogP contribution is 2.07. The number of carbonyl (C=O) groups is 1. The molecule has 4 heteroatoms. The van der Waals surface area contributed by atoms with Crippen LogP contribution in [0.4, 0.5) is 0 Å². The molecule has 1 saturated heterocycles. The Kier molecular flexibility index (Phi) is 5.51. The number of aliphatic hydroxyl groups excluding tert-OH is 1.